The van der Waals surface area contributed by atoms with E-state index >= 15 is 0 Å². The third kappa shape index (κ3) is 3.26. The summed E-state index contributed by atoms with van der Waals surface area (Å²) in [4.78, 5) is 10.9. The number of thiol groups is 1. The van der Waals surface area contributed by atoms with Crippen LogP contribution in [0.1, 0.15) is 26.7 Å². The predicted octanol–water partition coefficient (Wildman–Crippen LogP) is 1.87. The van der Waals surface area contributed by atoms with E-state index in [4.69, 9.17) is 9.47 Å². The summed E-state index contributed by atoms with van der Waals surface area (Å²) < 4.78 is 10.8. The largest absolute Gasteiger partial charge is 0.350 e. The van der Waals surface area contributed by atoms with Gasteiger partial charge in [-0.1, -0.05) is 20.3 Å². The lowest BCUT2D eigenvalue weighted by atomic mass is 9.88. The van der Waals surface area contributed by atoms with Gasteiger partial charge in [-0.15, -0.1) is 12.6 Å². The van der Waals surface area contributed by atoms with Gasteiger partial charge in [0.05, 0.1) is 13.2 Å². The van der Waals surface area contributed by atoms with Gasteiger partial charge in [0.15, 0.2) is 11.4 Å². The molecular formula is C10H18O3S. The summed E-state index contributed by atoms with van der Waals surface area (Å²) >= 11 is 3.81. The second-order valence-corrected chi connectivity index (χ2v) is 4.23. The molecule has 3 nitrogen and oxygen atoms in total. The van der Waals surface area contributed by atoms with Crippen molar-refractivity contribution in [2.24, 2.45) is 11.8 Å². The van der Waals surface area contributed by atoms with Crippen LogP contribution < -0.4 is 0 Å². The van der Waals surface area contributed by atoms with Crippen LogP contribution in [0, 0.1) is 11.8 Å². The highest BCUT2D eigenvalue weighted by molar-refractivity contribution is 7.96. The van der Waals surface area contributed by atoms with E-state index in [0.717, 1.165) is 6.42 Å². The van der Waals surface area contributed by atoms with Gasteiger partial charge < -0.3 is 9.47 Å². The van der Waals surface area contributed by atoms with Crippen molar-refractivity contribution in [3.8, 4) is 0 Å². The Balaban J connectivity index is 2.45. The second-order valence-electron chi connectivity index (χ2n) is 3.74. The zero-order valence-corrected chi connectivity index (χ0v) is 9.63. The Bertz CT molecular complexity index is 190. The minimum Gasteiger partial charge on any atom is -0.350 e. The Hall–Kier alpha value is -0.0600. The molecule has 1 aliphatic rings. The molecule has 4 heteroatoms. The van der Waals surface area contributed by atoms with Gasteiger partial charge in [-0.25, -0.2) is 0 Å². The van der Waals surface area contributed by atoms with Crippen molar-refractivity contribution >= 4 is 17.7 Å². The second kappa shape index (κ2) is 5.73. The Morgan fingerprint density at radius 1 is 1.50 bits per heavy atom. The Labute approximate surface area is 90.6 Å². The molecule has 1 saturated heterocycles. The van der Waals surface area contributed by atoms with Crippen LogP contribution in [0.4, 0.5) is 0 Å². The lowest BCUT2D eigenvalue weighted by Gasteiger charge is -2.25. The van der Waals surface area contributed by atoms with Crippen molar-refractivity contribution in [2.75, 3.05) is 13.2 Å². The van der Waals surface area contributed by atoms with Crippen LogP contribution >= 0.6 is 12.6 Å². The van der Waals surface area contributed by atoms with Crippen molar-refractivity contribution in [1.82, 2.24) is 0 Å². The first-order valence-electron chi connectivity index (χ1n) is 5.10. The highest BCUT2D eigenvalue weighted by Gasteiger charge is 2.29. The fraction of sp³-hybridized carbons (Fsp3) is 0.900. The van der Waals surface area contributed by atoms with E-state index in [1.807, 2.05) is 0 Å². The average Bonchev–Trinajstić information content (AvgIpc) is 2.65. The van der Waals surface area contributed by atoms with Crippen LogP contribution in [0.3, 0.4) is 0 Å². The molecule has 1 rings (SSSR count). The van der Waals surface area contributed by atoms with Crippen molar-refractivity contribution in [2.45, 2.75) is 33.0 Å². The maximum Gasteiger partial charge on any atom is 0.186 e. The number of carbonyl (C=O) groups is 1. The van der Waals surface area contributed by atoms with E-state index in [1.54, 1.807) is 0 Å². The van der Waals surface area contributed by atoms with Gasteiger partial charge in [-0.2, -0.15) is 0 Å². The van der Waals surface area contributed by atoms with Crippen molar-refractivity contribution < 1.29 is 14.3 Å². The highest BCUT2D eigenvalue weighted by Crippen LogP contribution is 2.27. The van der Waals surface area contributed by atoms with E-state index in [0.29, 0.717) is 25.6 Å². The normalized spacial score (nSPS) is 22.2. The van der Waals surface area contributed by atoms with Gasteiger partial charge in [0, 0.05) is 12.3 Å². The molecule has 0 aliphatic carbocycles. The number of hydrogen-bond acceptors (Lipinski definition) is 3. The SMILES string of the molecule is CCC(CC(=O)S)C(C)C1OCCO1. The van der Waals surface area contributed by atoms with E-state index in [2.05, 4.69) is 26.5 Å². The van der Waals surface area contributed by atoms with Gasteiger partial charge in [0.2, 0.25) is 0 Å². The zero-order chi connectivity index (χ0) is 10.6. The van der Waals surface area contributed by atoms with E-state index in [9.17, 15) is 4.79 Å². The molecule has 1 fully saturated rings. The Morgan fingerprint density at radius 2 is 2.07 bits per heavy atom. The monoisotopic (exact) mass is 218 g/mol. The molecule has 0 bridgehead atoms. The van der Waals surface area contributed by atoms with Crippen molar-refractivity contribution in [3.63, 3.8) is 0 Å². The van der Waals surface area contributed by atoms with Gasteiger partial charge in [-0.3, -0.25) is 4.79 Å². The lowest BCUT2D eigenvalue weighted by molar-refractivity contribution is -0.116. The van der Waals surface area contributed by atoms with Crippen LogP contribution in [-0.4, -0.2) is 24.6 Å². The van der Waals surface area contributed by atoms with Crippen molar-refractivity contribution in [3.05, 3.63) is 0 Å². The molecule has 0 saturated carbocycles. The molecule has 1 heterocycles. The molecule has 14 heavy (non-hydrogen) atoms. The number of rotatable bonds is 5. The summed E-state index contributed by atoms with van der Waals surface area (Å²) in [6.07, 6.45) is 1.33. The van der Waals surface area contributed by atoms with Gasteiger partial charge in [0.1, 0.15) is 0 Å². The topological polar surface area (TPSA) is 35.5 Å². The van der Waals surface area contributed by atoms with Gasteiger partial charge >= 0.3 is 0 Å². The lowest BCUT2D eigenvalue weighted by Crippen LogP contribution is -2.27. The summed E-state index contributed by atoms with van der Waals surface area (Å²) in [5, 5.41) is -0.0540. The van der Waals surface area contributed by atoms with Crippen LogP contribution in [0.25, 0.3) is 0 Å². The number of carbonyl (C=O) groups excluding carboxylic acids is 1. The molecule has 82 valence electrons. The number of hydrogen-bond donors (Lipinski definition) is 1. The summed E-state index contributed by atoms with van der Waals surface area (Å²) in [5.74, 6) is 0.571. The maximum absolute atomic E-state index is 10.9. The summed E-state index contributed by atoms with van der Waals surface area (Å²) in [6, 6.07) is 0. The first-order chi connectivity index (χ1) is 6.65. The smallest absolute Gasteiger partial charge is 0.186 e. The molecule has 0 spiro atoms. The first-order valence-corrected chi connectivity index (χ1v) is 5.54. The zero-order valence-electron chi connectivity index (χ0n) is 8.73. The van der Waals surface area contributed by atoms with E-state index in [1.165, 1.54) is 0 Å². The summed E-state index contributed by atoms with van der Waals surface area (Å²) in [5.41, 5.74) is 0. The highest BCUT2D eigenvalue weighted by atomic mass is 32.1. The van der Waals surface area contributed by atoms with E-state index in [-0.39, 0.29) is 17.3 Å². The molecule has 0 amide bonds. The maximum atomic E-state index is 10.9. The van der Waals surface area contributed by atoms with Crippen LogP contribution in [0.5, 0.6) is 0 Å². The third-order valence-electron chi connectivity index (χ3n) is 2.78. The average molecular weight is 218 g/mol. The predicted molar refractivity (Wildman–Crippen MR) is 57.2 cm³/mol. The minimum atomic E-state index is -0.132. The summed E-state index contributed by atoms with van der Waals surface area (Å²) in [7, 11) is 0. The fourth-order valence-electron chi connectivity index (χ4n) is 1.83. The molecule has 0 aromatic carbocycles. The molecule has 2 atom stereocenters. The van der Waals surface area contributed by atoms with Gasteiger partial charge in [0.25, 0.3) is 0 Å². The third-order valence-corrected chi connectivity index (χ3v) is 2.96. The van der Waals surface area contributed by atoms with Crippen molar-refractivity contribution in [1.29, 1.82) is 0 Å². The molecule has 2 unspecified atom stereocenters. The van der Waals surface area contributed by atoms with Crippen LogP contribution in [-0.2, 0) is 14.3 Å². The molecule has 1 aliphatic heterocycles. The van der Waals surface area contributed by atoms with Crippen LogP contribution in [0.15, 0.2) is 0 Å². The fourth-order valence-corrected chi connectivity index (χ4v) is 2.06. The molecule has 0 radical (unpaired) electrons. The standard InChI is InChI=1S/C10H18O3S/c1-3-8(6-9(11)14)7(2)10-12-4-5-13-10/h7-8,10H,3-6H2,1-2H3,(H,11,14). The molecule has 0 aromatic rings. The minimum absolute atomic E-state index is 0.0540. The first kappa shape index (κ1) is 12.0. The molecular weight excluding hydrogens is 200 g/mol. The quantitative estimate of drug-likeness (QED) is 0.716. The summed E-state index contributed by atoms with van der Waals surface area (Å²) in [6.45, 7) is 5.48. The molecule has 0 aromatic heterocycles. The Kier molecular flexibility index (Phi) is 4.92. The van der Waals surface area contributed by atoms with Crippen LogP contribution in [0.2, 0.25) is 0 Å². The number of ether oxygens (including phenoxy) is 2. The molecule has 0 N–H and O–H groups in total. The van der Waals surface area contributed by atoms with Gasteiger partial charge in [-0.05, 0) is 5.92 Å². The van der Waals surface area contributed by atoms with E-state index < -0.39 is 0 Å². The Morgan fingerprint density at radius 3 is 2.50 bits per heavy atom.